The number of rotatable bonds is 6. The molecule has 172 valence electrons. The Kier molecular flexibility index (Phi) is 6.60. The molecule has 0 heterocycles. The Bertz CT molecular complexity index is 1110. The summed E-state index contributed by atoms with van der Waals surface area (Å²) < 4.78 is 41.7. The van der Waals surface area contributed by atoms with E-state index in [9.17, 15) is 17.8 Å². The van der Waals surface area contributed by atoms with Crippen LogP contribution in [-0.4, -0.2) is 35.2 Å². The summed E-state index contributed by atoms with van der Waals surface area (Å²) in [6.45, 7) is -0.0178. The number of benzene rings is 2. The van der Waals surface area contributed by atoms with Gasteiger partial charge in [0, 0.05) is 12.2 Å². The standard InChI is InChI=1S/C23H28F2N4O2S/c1-29(14-21(24)25)13-15-8-10-18(11-9-15)32(26,31)28-23(30)27-22-19-6-2-4-16(19)12-17-5-3-7-20(17)22/h8-12,21H,2-7,13-14H2,1H3,(H3,26,27,28,30,31)/t32-/m1/s1. The minimum absolute atomic E-state index is 0.219. The number of carbonyl (C=O) groups is 1. The van der Waals surface area contributed by atoms with Crippen LogP contribution in [0.2, 0.25) is 0 Å². The molecule has 0 aromatic heterocycles. The fourth-order valence-corrected chi connectivity index (χ4v) is 5.60. The first-order chi connectivity index (χ1) is 15.2. The maximum absolute atomic E-state index is 13.0. The lowest BCUT2D eigenvalue weighted by Gasteiger charge is -2.16. The highest BCUT2D eigenvalue weighted by Gasteiger charge is 2.25. The average molecular weight is 463 g/mol. The minimum atomic E-state index is -3.44. The van der Waals surface area contributed by atoms with Crippen LogP contribution in [0.1, 0.15) is 40.7 Å². The van der Waals surface area contributed by atoms with Gasteiger partial charge in [0.25, 0.3) is 6.43 Å². The number of carbonyl (C=O) groups excluding carboxylic acids is 1. The van der Waals surface area contributed by atoms with Gasteiger partial charge in [-0.1, -0.05) is 18.2 Å². The second-order valence-electron chi connectivity index (χ2n) is 8.56. The molecule has 0 fully saturated rings. The topological polar surface area (TPSA) is 87.8 Å². The summed E-state index contributed by atoms with van der Waals surface area (Å²) in [6.07, 6.45) is 3.56. The predicted octanol–water partition coefficient (Wildman–Crippen LogP) is 4.29. The zero-order chi connectivity index (χ0) is 22.9. The molecule has 0 unspecified atom stereocenters. The predicted molar refractivity (Wildman–Crippen MR) is 121 cm³/mol. The van der Waals surface area contributed by atoms with Crippen molar-refractivity contribution in [2.24, 2.45) is 9.50 Å². The van der Waals surface area contributed by atoms with E-state index in [0.717, 1.165) is 60.9 Å². The molecular weight excluding hydrogens is 434 g/mol. The molecule has 1 atom stereocenters. The normalized spacial score (nSPS) is 16.7. The molecule has 0 saturated heterocycles. The Morgan fingerprint density at radius 1 is 1.12 bits per heavy atom. The average Bonchev–Trinajstić information content (AvgIpc) is 3.36. The number of aryl methyl sites for hydroxylation is 2. The van der Waals surface area contributed by atoms with E-state index in [4.69, 9.17) is 5.14 Å². The van der Waals surface area contributed by atoms with Crippen LogP contribution in [0, 0.1) is 0 Å². The van der Waals surface area contributed by atoms with Crippen LogP contribution in [0.15, 0.2) is 39.6 Å². The Labute approximate surface area is 187 Å². The second kappa shape index (κ2) is 9.25. The largest absolute Gasteiger partial charge is 0.354 e. The monoisotopic (exact) mass is 462 g/mol. The molecule has 6 nitrogen and oxygen atoms in total. The summed E-state index contributed by atoms with van der Waals surface area (Å²) in [5, 5.41) is 8.81. The first kappa shape index (κ1) is 22.8. The molecule has 0 bridgehead atoms. The summed E-state index contributed by atoms with van der Waals surface area (Å²) in [7, 11) is -1.84. The van der Waals surface area contributed by atoms with Gasteiger partial charge in [-0.2, -0.15) is 0 Å². The van der Waals surface area contributed by atoms with Crippen LogP contribution >= 0.6 is 0 Å². The summed E-state index contributed by atoms with van der Waals surface area (Å²) >= 11 is 0. The van der Waals surface area contributed by atoms with Crippen molar-refractivity contribution in [3.05, 3.63) is 58.1 Å². The smallest absolute Gasteiger partial charge is 0.305 e. The van der Waals surface area contributed by atoms with E-state index in [1.165, 1.54) is 28.2 Å². The molecule has 0 saturated carbocycles. The Morgan fingerprint density at radius 2 is 1.72 bits per heavy atom. The molecule has 32 heavy (non-hydrogen) atoms. The summed E-state index contributed by atoms with van der Waals surface area (Å²) in [5.74, 6) is 0. The third-order valence-corrected chi connectivity index (χ3v) is 7.47. The number of anilines is 1. The molecular formula is C23H28F2N4O2S. The molecule has 2 aromatic rings. The Morgan fingerprint density at radius 3 is 2.28 bits per heavy atom. The van der Waals surface area contributed by atoms with Crippen molar-refractivity contribution in [2.75, 3.05) is 18.9 Å². The maximum Gasteiger partial charge on any atom is 0.354 e. The molecule has 2 aromatic carbocycles. The van der Waals surface area contributed by atoms with Gasteiger partial charge in [0.15, 0.2) is 0 Å². The third kappa shape index (κ3) is 5.00. The highest BCUT2D eigenvalue weighted by molar-refractivity contribution is 7.91. The van der Waals surface area contributed by atoms with E-state index in [1.807, 2.05) is 0 Å². The van der Waals surface area contributed by atoms with Gasteiger partial charge in [-0.3, -0.25) is 4.90 Å². The summed E-state index contributed by atoms with van der Waals surface area (Å²) in [5.41, 5.74) is 6.48. The molecule has 0 radical (unpaired) electrons. The fraction of sp³-hybridized carbons (Fsp3) is 0.435. The third-order valence-electron chi connectivity index (χ3n) is 6.09. The van der Waals surface area contributed by atoms with Crippen LogP contribution in [-0.2, 0) is 42.1 Å². The lowest BCUT2D eigenvalue weighted by atomic mass is 9.99. The van der Waals surface area contributed by atoms with E-state index in [2.05, 4.69) is 15.7 Å². The van der Waals surface area contributed by atoms with Crippen LogP contribution in [0.5, 0.6) is 0 Å². The van der Waals surface area contributed by atoms with Gasteiger partial charge in [-0.15, -0.1) is 4.36 Å². The summed E-state index contributed by atoms with van der Waals surface area (Å²) in [6, 6.07) is 7.94. The van der Waals surface area contributed by atoms with Crippen molar-refractivity contribution in [2.45, 2.75) is 56.4 Å². The number of nitrogens with one attached hydrogen (secondary N) is 1. The van der Waals surface area contributed by atoms with Crippen LogP contribution in [0.25, 0.3) is 0 Å². The van der Waals surface area contributed by atoms with Gasteiger partial charge in [0.1, 0.15) is 9.92 Å². The van der Waals surface area contributed by atoms with Crippen molar-refractivity contribution < 1.29 is 17.8 Å². The number of halogens is 2. The number of nitrogens with two attached hydrogens (primary N) is 1. The fourth-order valence-electron chi connectivity index (χ4n) is 4.67. The van der Waals surface area contributed by atoms with Gasteiger partial charge in [-0.25, -0.2) is 22.9 Å². The highest BCUT2D eigenvalue weighted by atomic mass is 32.2. The number of fused-ring (bicyclic) bond motifs is 2. The highest BCUT2D eigenvalue weighted by Crippen LogP contribution is 2.38. The van der Waals surface area contributed by atoms with Gasteiger partial charge in [-0.05, 0) is 85.5 Å². The van der Waals surface area contributed by atoms with Gasteiger partial charge < -0.3 is 5.32 Å². The number of hydrogen-bond donors (Lipinski definition) is 2. The summed E-state index contributed by atoms with van der Waals surface area (Å²) in [4.78, 5) is 14.4. The first-order valence-corrected chi connectivity index (χ1v) is 12.4. The van der Waals surface area contributed by atoms with E-state index in [1.54, 1.807) is 19.2 Å². The number of amides is 2. The molecule has 0 aliphatic heterocycles. The Balaban J connectivity index is 1.52. The second-order valence-corrected chi connectivity index (χ2v) is 10.3. The van der Waals surface area contributed by atoms with E-state index in [0.29, 0.717) is 6.54 Å². The quantitative estimate of drug-likeness (QED) is 0.671. The minimum Gasteiger partial charge on any atom is -0.305 e. The van der Waals surface area contributed by atoms with E-state index in [-0.39, 0.29) is 11.4 Å². The first-order valence-electron chi connectivity index (χ1n) is 10.8. The zero-order valence-electron chi connectivity index (χ0n) is 18.1. The van der Waals surface area contributed by atoms with Crippen LogP contribution in [0.4, 0.5) is 19.3 Å². The van der Waals surface area contributed by atoms with Crippen molar-refractivity contribution >= 4 is 21.6 Å². The van der Waals surface area contributed by atoms with Crippen molar-refractivity contribution in [1.82, 2.24) is 4.90 Å². The molecule has 0 spiro atoms. The SMILES string of the molecule is CN(Cc1ccc([S@](N)(=O)=NC(=O)Nc2c3c(cc4c2CCC4)CCC3)cc1)CC(F)F. The van der Waals surface area contributed by atoms with Crippen molar-refractivity contribution in [1.29, 1.82) is 0 Å². The lowest BCUT2D eigenvalue weighted by Crippen LogP contribution is -2.24. The number of hydrogen-bond acceptors (Lipinski definition) is 3. The number of alkyl halides is 2. The molecule has 2 aliphatic rings. The molecule has 9 heteroatoms. The molecule has 3 N–H and O–H groups in total. The van der Waals surface area contributed by atoms with Crippen molar-refractivity contribution in [3.63, 3.8) is 0 Å². The van der Waals surface area contributed by atoms with E-state index >= 15 is 0 Å². The van der Waals surface area contributed by atoms with Crippen LogP contribution < -0.4 is 10.5 Å². The molecule has 4 rings (SSSR count). The van der Waals surface area contributed by atoms with E-state index < -0.39 is 22.4 Å². The molecule has 2 aliphatic carbocycles. The lowest BCUT2D eigenvalue weighted by molar-refractivity contribution is 0.0975. The maximum atomic E-state index is 13.0. The van der Waals surface area contributed by atoms with Gasteiger partial charge >= 0.3 is 6.03 Å². The van der Waals surface area contributed by atoms with Crippen LogP contribution in [0.3, 0.4) is 0 Å². The number of urea groups is 1. The Hall–Kier alpha value is -2.36. The van der Waals surface area contributed by atoms with Gasteiger partial charge in [0.2, 0.25) is 0 Å². The van der Waals surface area contributed by atoms with Gasteiger partial charge in [0.05, 0.1) is 11.4 Å². The number of nitrogens with zero attached hydrogens (tertiary/aromatic N) is 2. The molecule has 2 amide bonds. The zero-order valence-corrected chi connectivity index (χ0v) is 18.9. The van der Waals surface area contributed by atoms with Crippen molar-refractivity contribution in [3.8, 4) is 0 Å².